The first kappa shape index (κ1) is 21.0. The molecule has 4 heterocycles. The third-order valence-corrected chi connectivity index (χ3v) is 6.84. The predicted octanol–water partition coefficient (Wildman–Crippen LogP) is 3.01. The van der Waals surface area contributed by atoms with Crippen LogP contribution in [0.2, 0.25) is 0 Å². The highest BCUT2D eigenvalue weighted by Crippen LogP contribution is 2.29. The lowest BCUT2D eigenvalue weighted by Gasteiger charge is -2.33. The van der Waals surface area contributed by atoms with Gasteiger partial charge in [-0.1, -0.05) is 0 Å². The maximum absolute atomic E-state index is 11.9. The molecule has 0 aromatic carbocycles. The lowest BCUT2D eigenvalue weighted by Crippen LogP contribution is -2.48. The zero-order chi connectivity index (χ0) is 21.1. The molecule has 9 heteroatoms. The lowest BCUT2D eigenvalue weighted by molar-refractivity contribution is 0.0944. The molecule has 0 bridgehead atoms. The molecule has 0 radical (unpaired) electrons. The van der Waals surface area contributed by atoms with Crippen molar-refractivity contribution in [1.82, 2.24) is 25.2 Å². The Morgan fingerprint density at radius 1 is 1.20 bits per heavy atom. The fourth-order valence-electron chi connectivity index (χ4n) is 4.25. The van der Waals surface area contributed by atoms with Gasteiger partial charge in [0.2, 0.25) is 5.95 Å². The molecule has 1 N–H and O–H groups in total. The molecular weight excluding hydrogens is 400 g/mol. The molecule has 2 fully saturated rings. The number of nitrogens with one attached hydrogen (secondary N) is 1. The van der Waals surface area contributed by atoms with Gasteiger partial charge < -0.3 is 19.9 Å². The molecule has 2 saturated heterocycles. The Hall–Kier alpha value is -2.26. The van der Waals surface area contributed by atoms with Crippen molar-refractivity contribution in [1.29, 1.82) is 0 Å². The molecule has 2 aromatic heterocycles. The second kappa shape index (κ2) is 9.26. The van der Waals surface area contributed by atoms with Gasteiger partial charge in [0.15, 0.2) is 0 Å². The van der Waals surface area contributed by atoms with E-state index < -0.39 is 0 Å². The minimum Gasteiger partial charge on any atom is -0.450 e. The maximum atomic E-state index is 11.9. The quantitative estimate of drug-likeness (QED) is 0.781. The summed E-state index contributed by atoms with van der Waals surface area (Å²) in [4.78, 5) is 30.9. The first-order valence-electron chi connectivity index (χ1n) is 10.7. The number of carbonyl (C=O) groups excluding carboxylic acids is 1. The third-order valence-electron chi connectivity index (χ3n) is 5.74. The molecule has 1 amide bonds. The van der Waals surface area contributed by atoms with E-state index in [-0.39, 0.29) is 6.09 Å². The van der Waals surface area contributed by atoms with Crippen molar-refractivity contribution in [2.75, 3.05) is 37.7 Å². The summed E-state index contributed by atoms with van der Waals surface area (Å²) in [5.74, 6) is 0.791. The summed E-state index contributed by atoms with van der Waals surface area (Å²) in [6.07, 6.45) is 4.66. The fourth-order valence-corrected chi connectivity index (χ4v) is 5.14. The number of likely N-dealkylation sites (tertiary alicyclic amines) is 1. The summed E-state index contributed by atoms with van der Waals surface area (Å²) in [6.45, 7) is 9.70. The molecule has 4 rings (SSSR count). The van der Waals surface area contributed by atoms with Gasteiger partial charge in [0, 0.05) is 44.5 Å². The zero-order valence-corrected chi connectivity index (χ0v) is 18.7. The van der Waals surface area contributed by atoms with Gasteiger partial charge in [0.1, 0.15) is 0 Å². The largest absolute Gasteiger partial charge is 0.450 e. The summed E-state index contributed by atoms with van der Waals surface area (Å²) < 4.78 is 5.11. The normalized spacial score (nSPS) is 20.0. The first-order valence-corrected chi connectivity index (χ1v) is 11.5. The van der Waals surface area contributed by atoms with Gasteiger partial charge in [-0.3, -0.25) is 0 Å². The fraction of sp³-hybridized carbons (Fsp3) is 0.619. The Labute approximate surface area is 181 Å². The molecular formula is C21H30N6O2S. The Morgan fingerprint density at radius 2 is 1.97 bits per heavy atom. The van der Waals surface area contributed by atoms with Crippen LogP contribution < -0.4 is 10.2 Å². The molecule has 2 aliphatic heterocycles. The van der Waals surface area contributed by atoms with Crippen LogP contribution in [0.4, 0.5) is 10.7 Å². The summed E-state index contributed by atoms with van der Waals surface area (Å²) in [5, 5.41) is 4.84. The first-order chi connectivity index (χ1) is 14.5. The van der Waals surface area contributed by atoms with Crippen LogP contribution in [-0.2, 0) is 4.74 Å². The van der Waals surface area contributed by atoms with Gasteiger partial charge in [-0.2, -0.15) is 0 Å². The van der Waals surface area contributed by atoms with E-state index in [1.807, 2.05) is 37.9 Å². The summed E-state index contributed by atoms with van der Waals surface area (Å²) in [5.41, 5.74) is 1.98. The van der Waals surface area contributed by atoms with E-state index in [1.54, 1.807) is 11.3 Å². The molecule has 8 nitrogen and oxygen atoms in total. The minimum absolute atomic E-state index is 0.189. The zero-order valence-electron chi connectivity index (χ0n) is 17.9. The van der Waals surface area contributed by atoms with Crippen molar-refractivity contribution in [2.45, 2.75) is 52.1 Å². The number of nitrogens with zero attached hydrogens (tertiary/aromatic N) is 5. The monoisotopic (exact) mass is 430 g/mol. The highest BCUT2D eigenvalue weighted by atomic mass is 32.1. The number of piperidine rings is 1. The number of rotatable bonds is 5. The number of hydrogen-bond acceptors (Lipinski definition) is 8. The van der Waals surface area contributed by atoms with Crippen LogP contribution >= 0.6 is 11.3 Å². The Morgan fingerprint density at radius 3 is 2.67 bits per heavy atom. The molecule has 162 valence electrons. The van der Waals surface area contributed by atoms with Gasteiger partial charge in [-0.05, 0) is 46.1 Å². The van der Waals surface area contributed by atoms with Crippen LogP contribution in [0.5, 0.6) is 0 Å². The third kappa shape index (κ3) is 4.73. The molecule has 0 aliphatic carbocycles. The van der Waals surface area contributed by atoms with Gasteiger partial charge in [-0.25, -0.2) is 19.7 Å². The number of ether oxygens (including phenoxy) is 1. The van der Waals surface area contributed by atoms with E-state index in [1.165, 1.54) is 0 Å². The van der Waals surface area contributed by atoms with Crippen LogP contribution in [-0.4, -0.2) is 70.8 Å². The summed E-state index contributed by atoms with van der Waals surface area (Å²) in [7, 11) is 0. The molecule has 2 aromatic rings. The van der Waals surface area contributed by atoms with Crippen LogP contribution in [0.15, 0.2) is 12.3 Å². The number of carbonyl (C=O) groups is 1. The molecule has 30 heavy (non-hydrogen) atoms. The van der Waals surface area contributed by atoms with Crippen molar-refractivity contribution in [3.63, 3.8) is 0 Å². The minimum atomic E-state index is -0.189. The molecule has 1 atom stereocenters. The van der Waals surface area contributed by atoms with E-state index >= 15 is 0 Å². The van der Waals surface area contributed by atoms with Crippen LogP contribution in [0.1, 0.15) is 36.9 Å². The maximum Gasteiger partial charge on any atom is 0.409 e. The van der Waals surface area contributed by atoms with Crippen molar-refractivity contribution in [3.8, 4) is 10.6 Å². The Balaban J connectivity index is 1.32. The molecule has 0 saturated carbocycles. The van der Waals surface area contributed by atoms with Crippen molar-refractivity contribution in [2.24, 2.45) is 0 Å². The average Bonchev–Trinajstić information content (AvgIpc) is 3.34. The second-order valence-corrected chi connectivity index (χ2v) is 9.15. The smallest absolute Gasteiger partial charge is 0.409 e. The van der Waals surface area contributed by atoms with Gasteiger partial charge in [0.25, 0.3) is 0 Å². The molecule has 2 aliphatic rings. The van der Waals surface area contributed by atoms with Crippen molar-refractivity contribution in [3.05, 3.63) is 23.0 Å². The second-order valence-electron chi connectivity index (χ2n) is 7.95. The highest BCUT2D eigenvalue weighted by Gasteiger charge is 2.29. The Kier molecular flexibility index (Phi) is 6.48. The van der Waals surface area contributed by atoms with E-state index in [0.29, 0.717) is 18.7 Å². The summed E-state index contributed by atoms with van der Waals surface area (Å²) >= 11 is 1.68. The number of amides is 1. The van der Waals surface area contributed by atoms with E-state index in [0.717, 1.165) is 72.7 Å². The van der Waals surface area contributed by atoms with Crippen molar-refractivity contribution < 1.29 is 9.53 Å². The lowest BCUT2D eigenvalue weighted by atomic mass is 10.0. The SMILES string of the molecule is CCOC(=O)N1CCC(NC2CCN(c3nccc(-c4sc(C)nc4C)n3)C2)CC1. The summed E-state index contributed by atoms with van der Waals surface area (Å²) in [6, 6.07) is 2.83. The Bertz CT molecular complexity index is 880. The van der Waals surface area contributed by atoms with E-state index in [2.05, 4.69) is 20.2 Å². The number of aryl methyl sites for hydroxylation is 2. The molecule has 0 spiro atoms. The van der Waals surface area contributed by atoms with Crippen LogP contribution in [0, 0.1) is 13.8 Å². The van der Waals surface area contributed by atoms with Crippen LogP contribution in [0.25, 0.3) is 10.6 Å². The van der Waals surface area contributed by atoms with E-state index in [9.17, 15) is 4.79 Å². The number of aromatic nitrogens is 3. The van der Waals surface area contributed by atoms with Crippen LogP contribution in [0.3, 0.4) is 0 Å². The predicted molar refractivity (Wildman–Crippen MR) is 118 cm³/mol. The van der Waals surface area contributed by atoms with Crippen molar-refractivity contribution >= 4 is 23.4 Å². The number of hydrogen-bond donors (Lipinski definition) is 1. The average molecular weight is 431 g/mol. The highest BCUT2D eigenvalue weighted by molar-refractivity contribution is 7.15. The van der Waals surface area contributed by atoms with Gasteiger partial charge >= 0.3 is 6.09 Å². The number of thiazole rings is 1. The standard InChI is InChI=1S/C21H30N6O2S/c1-4-29-21(28)26-10-6-16(7-11-26)24-17-8-12-27(13-17)20-22-9-5-18(25-20)19-14(2)23-15(3)30-19/h5,9,16-17,24H,4,6-8,10-13H2,1-3H3. The molecule has 1 unspecified atom stereocenters. The topological polar surface area (TPSA) is 83.5 Å². The van der Waals surface area contributed by atoms with Gasteiger partial charge in [-0.15, -0.1) is 11.3 Å². The number of anilines is 1. The van der Waals surface area contributed by atoms with Gasteiger partial charge in [0.05, 0.1) is 27.9 Å². The van der Waals surface area contributed by atoms with E-state index in [4.69, 9.17) is 9.72 Å².